The molecular weight excluding hydrogens is 364 g/mol. The smallest absolute Gasteiger partial charge is 0.333 e. The van der Waals surface area contributed by atoms with Crippen LogP contribution in [-0.4, -0.2) is 55.6 Å². The van der Waals surface area contributed by atoms with Crippen molar-refractivity contribution in [1.29, 1.82) is 0 Å². The van der Waals surface area contributed by atoms with Crippen LogP contribution in [0.2, 0.25) is 0 Å². The van der Waals surface area contributed by atoms with Gasteiger partial charge in [-0.1, -0.05) is 0 Å². The minimum Gasteiger partial charge on any atom is -0.493 e. The lowest BCUT2D eigenvalue weighted by atomic mass is 10.2. The second kappa shape index (κ2) is 11.7. The number of hydrogen-bond donors (Lipinski definition) is 3. The highest BCUT2D eigenvalue weighted by Gasteiger charge is 2.13. The third-order valence-corrected chi connectivity index (χ3v) is 3.82. The minimum atomic E-state index is -0.604. The van der Waals surface area contributed by atoms with Crippen molar-refractivity contribution in [1.82, 2.24) is 21.1 Å². The molecule has 0 aliphatic carbocycles. The van der Waals surface area contributed by atoms with Crippen LogP contribution in [0.5, 0.6) is 11.5 Å². The maximum Gasteiger partial charge on any atom is 0.333 e. The highest BCUT2D eigenvalue weighted by atomic mass is 16.5. The van der Waals surface area contributed by atoms with E-state index in [1.807, 2.05) is 27.7 Å². The van der Waals surface area contributed by atoms with Gasteiger partial charge in [0.2, 0.25) is 5.91 Å². The van der Waals surface area contributed by atoms with E-state index in [1.54, 1.807) is 17.0 Å². The summed E-state index contributed by atoms with van der Waals surface area (Å²) in [6.07, 6.45) is 0.157. The Labute approximate surface area is 165 Å². The predicted molar refractivity (Wildman–Crippen MR) is 105 cm³/mol. The molecule has 0 radical (unpaired) electrons. The first kappa shape index (κ1) is 23.1. The van der Waals surface area contributed by atoms with Crippen molar-refractivity contribution in [2.24, 2.45) is 0 Å². The monoisotopic (exact) mass is 394 g/mol. The normalized spacial score (nSPS) is 10.2. The van der Waals surface area contributed by atoms with Gasteiger partial charge < -0.3 is 19.7 Å². The van der Waals surface area contributed by atoms with Crippen molar-refractivity contribution in [3.05, 3.63) is 23.8 Å². The van der Waals surface area contributed by atoms with Crippen LogP contribution in [-0.2, 0) is 4.79 Å². The number of nitrogens with zero attached hydrogens (tertiary/aromatic N) is 1. The van der Waals surface area contributed by atoms with E-state index >= 15 is 0 Å². The number of benzene rings is 1. The van der Waals surface area contributed by atoms with Gasteiger partial charge in [0.15, 0.2) is 11.5 Å². The van der Waals surface area contributed by atoms with Crippen LogP contribution in [0.25, 0.3) is 0 Å². The number of rotatable bonds is 9. The lowest BCUT2D eigenvalue weighted by Crippen LogP contribution is -2.47. The van der Waals surface area contributed by atoms with Crippen molar-refractivity contribution in [3.8, 4) is 11.5 Å². The Bertz CT molecular complexity index is 674. The van der Waals surface area contributed by atoms with E-state index in [-0.39, 0.29) is 25.0 Å². The molecule has 0 heterocycles. The maximum absolute atomic E-state index is 12.2. The molecule has 0 atom stereocenters. The molecule has 0 unspecified atom stereocenters. The summed E-state index contributed by atoms with van der Waals surface area (Å²) in [6, 6.07) is 4.12. The molecule has 0 spiro atoms. The van der Waals surface area contributed by atoms with Gasteiger partial charge >= 0.3 is 6.03 Å². The van der Waals surface area contributed by atoms with Gasteiger partial charge in [-0.25, -0.2) is 10.2 Å². The Hall–Kier alpha value is -2.97. The fourth-order valence-electron chi connectivity index (χ4n) is 2.41. The Morgan fingerprint density at radius 3 is 2.32 bits per heavy atom. The second-order valence-electron chi connectivity index (χ2n) is 6.18. The quantitative estimate of drug-likeness (QED) is 0.552. The summed E-state index contributed by atoms with van der Waals surface area (Å²) in [5, 5.41) is 2.52. The standard InChI is InChI=1S/C19H30N4O5/c1-6-23(7-2)17(24)10-11-20-19(26)22-21-18(25)14-8-9-15(28-13(3)4)16(12-14)27-5/h8-9,12-13H,6-7,10-11H2,1-5H3,(H,21,25)(H2,20,22,26). The second-order valence-corrected chi connectivity index (χ2v) is 6.18. The zero-order chi connectivity index (χ0) is 21.1. The molecule has 1 aromatic carbocycles. The Morgan fingerprint density at radius 1 is 1.07 bits per heavy atom. The van der Waals surface area contributed by atoms with Gasteiger partial charge in [0.1, 0.15) is 0 Å². The number of hydrazine groups is 1. The average Bonchev–Trinajstić information content (AvgIpc) is 2.66. The Kier molecular flexibility index (Phi) is 9.63. The molecule has 0 saturated carbocycles. The summed E-state index contributed by atoms with van der Waals surface area (Å²) in [5.41, 5.74) is 4.85. The Morgan fingerprint density at radius 2 is 1.75 bits per heavy atom. The molecule has 0 saturated heterocycles. The van der Waals surface area contributed by atoms with Gasteiger partial charge in [-0.15, -0.1) is 0 Å². The molecule has 4 amide bonds. The van der Waals surface area contributed by atoms with Gasteiger partial charge in [0.25, 0.3) is 5.91 Å². The molecule has 0 aliphatic rings. The first-order chi connectivity index (χ1) is 13.3. The predicted octanol–water partition coefficient (Wildman–Crippen LogP) is 1.68. The number of carbonyl (C=O) groups excluding carboxylic acids is 3. The molecule has 1 aromatic rings. The lowest BCUT2D eigenvalue weighted by Gasteiger charge is -2.18. The van der Waals surface area contributed by atoms with E-state index in [0.29, 0.717) is 30.2 Å². The highest BCUT2D eigenvalue weighted by Crippen LogP contribution is 2.28. The molecule has 28 heavy (non-hydrogen) atoms. The zero-order valence-electron chi connectivity index (χ0n) is 17.1. The van der Waals surface area contributed by atoms with Crippen LogP contribution >= 0.6 is 0 Å². The van der Waals surface area contributed by atoms with Gasteiger partial charge in [-0.05, 0) is 45.9 Å². The van der Waals surface area contributed by atoms with E-state index in [1.165, 1.54) is 13.2 Å². The van der Waals surface area contributed by atoms with Crippen molar-refractivity contribution < 1.29 is 23.9 Å². The van der Waals surface area contributed by atoms with Gasteiger partial charge in [0.05, 0.1) is 13.2 Å². The summed E-state index contributed by atoms with van der Waals surface area (Å²) < 4.78 is 10.8. The van der Waals surface area contributed by atoms with Crippen molar-refractivity contribution in [2.45, 2.75) is 40.2 Å². The van der Waals surface area contributed by atoms with Gasteiger partial charge in [0, 0.05) is 31.6 Å². The van der Waals surface area contributed by atoms with Gasteiger partial charge in [-0.2, -0.15) is 0 Å². The molecule has 3 N–H and O–H groups in total. The maximum atomic E-state index is 12.2. The van der Waals surface area contributed by atoms with Crippen LogP contribution < -0.4 is 25.6 Å². The minimum absolute atomic E-state index is 0.0347. The fourth-order valence-corrected chi connectivity index (χ4v) is 2.41. The summed E-state index contributed by atoms with van der Waals surface area (Å²) >= 11 is 0. The zero-order valence-corrected chi connectivity index (χ0v) is 17.1. The van der Waals surface area contributed by atoms with Crippen LogP contribution in [0.4, 0.5) is 4.79 Å². The molecule has 9 nitrogen and oxygen atoms in total. The van der Waals surface area contributed by atoms with E-state index in [0.717, 1.165) is 0 Å². The van der Waals surface area contributed by atoms with E-state index in [9.17, 15) is 14.4 Å². The fraction of sp³-hybridized carbons (Fsp3) is 0.526. The SMILES string of the molecule is CCN(CC)C(=O)CCNC(=O)NNC(=O)c1ccc(OC(C)C)c(OC)c1. The average molecular weight is 394 g/mol. The number of carbonyl (C=O) groups is 3. The summed E-state index contributed by atoms with van der Waals surface area (Å²) in [6.45, 7) is 8.99. The van der Waals surface area contributed by atoms with Crippen LogP contribution in [0.1, 0.15) is 44.5 Å². The number of ether oxygens (including phenoxy) is 2. The Balaban J connectivity index is 2.49. The third kappa shape index (κ3) is 7.34. The molecule has 0 fully saturated rings. The van der Waals surface area contributed by atoms with Crippen molar-refractivity contribution in [3.63, 3.8) is 0 Å². The number of methoxy groups -OCH3 is 1. The van der Waals surface area contributed by atoms with E-state index < -0.39 is 11.9 Å². The first-order valence-corrected chi connectivity index (χ1v) is 9.28. The molecule has 1 rings (SSSR count). The van der Waals surface area contributed by atoms with Crippen molar-refractivity contribution >= 4 is 17.8 Å². The molecular formula is C19H30N4O5. The number of nitrogens with one attached hydrogen (secondary N) is 3. The van der Waals surface area contributed by atoms with E-state index in [4.69, 9.17) is 9.47 Å². The summed E-state index contributed by atoms with van der Waals surface area (Å²) in [5.74, 6) is 0.396. The van der Waals surface area contributed by atoms with Gasteiger partial charge in [-0.3, -0.25) is 15.0 Å². The van der Waals surface area contributed by atoms with Crippen LogP contribution in [0.15, 0.2) is 18.2 Å². The number of hydrogen-bond acceptors (Lipinski definition) is 5. The highest BCUT2D eigenvalue weighted by molar-refractivity contribution is 5.95. The molecule has 0 aliphatic heterocycles. The molecule has 0 aromatic heterocycles. The topological polar surface area (TPSA) is 109 Å². The lowest BCUT2D eigenvalue weighted by molar-refractivity contribution is -0.130. The first-order valence-electron chi connectivity index (χ1n) is 9.28. The number of amides is 4. The summed E-state index contributed by atoms with van der Waals surface area (Å²) in [7, 11) is 1.48. The molecule has 0 bridgehead atoms. The summed E-state index contributed by atoms with van der Waals surface area (Å²) in [4.78, 5) is 37.5. The van der Waals surface area contributed by atoms with Crippen LogP contribution in [0, 0.1) is 0 Å². The van der Waals surface area contributed by atoms with Crippen LogP contribution in [0.3, 0.4) is 0 Å². The number of urea groups is 1. The van der Waals surface area contributed by atoms with Crippen molar-refractivity contribution in [2.75, 3.05) is 26.7 Å². The molecule has 156 valence electrons. The molecule has 9 heteroatoms. The van der Waals surface area contributed by atoms with E-state index in [2.05, 4.69) is 16.2 Å². The largest absolute Gasteiger partial charge is 0.493 e. The third-order valence-electron chi connectivity index (χ3n) is 3.82.